The molecule has 1 aliphatic rings. The number of nitrogens with zero attached hydrogens (tertiary/aromatic N) is 2. The smallest absolute Gasteiger partial charge is 0.357 e. The number of ketones is 2. The molecule has 4 N–H and O–H groups in total. The maximum absolute atomic E-state index is 12.9. The molecule has 0 bridgehead atoms. The first-order valence-corrected chi connectivity index (χ1v) is 10.5. The minimum atomic E-state index is -5.83. The number of phenolic OH excluding ortho intramolecular Hbond substituents is 2. The van der Waals surface area contributed by atoms with Crippen molar-refractivity contribution in [2.24, 2.45) is 0 Å². The highest BCUT2D eigenvalue weighted by Crippen LogP contribution is 2.48. The zero-order chi connectivity index (χ0) is 24.5. The Hall–Kier alpha value is -4.00. The van der Waals surface area contributed by atoms with Crippen molar-refractivity contribution in [3.05, 3.63) is 54.6 Å². The van der Waals surface area contributed by atoms with E-state index in [1.54, 1.807) is 0 Å². The van der Waals surface area contributed by atoms with Gasteiger partial charge in [-0.3, -0.25) is 38.9 Å². The van der Waals surface area contributed by atoms with Gasteiger partial charge in [-0.2, -0.15) is 16.8 Å². The quantitative estimate of drug-likeness (QED) is 0.164. The second-order valence-corrected chi connectivity index (χ2v) is 8.80. The molecule has 0 fully saturated rings. The monoisotopic (exact) mass is 490 g/mol. The van der Waals surface area contributed by atoms with Gasteiger partial charge in [-0.25, -0.2) is 0 Å². The molecule has 2 aromatic rings. The Kier molecular flexibility index (Phi) is 4.78. The minimum Gasteiger partial charge on any atom is -0.504 e. The Labute approximate surface area is 175 Å². The molecule has 0 spiro atoms. The van der Waals surface area contributed by atoms with Gasteiger partial charge in [-0.1, -0.05) is 0 Å². The van der Waals surface area contributed by atoms with Crippen LogP contribution in [0.5, 0.6) is 11.5 Å². The summed E-state index contributed by atoms with van der Waals surface area (Å²) in [6.45, 7) is 0. The van der Waals surface area contributed by atoms with E-state index < -0.39 is 96.6 Å². The van der Waals surface area contributed by atoms with Crippen molar-refractivity contribution in [2.75, 3.05) is 0 Å². The number of carbonyl (C=O) groups excluding carboxylic acids is 2. The average Bonchev–Trinajstić information content (AvgIpc) is 2.64. The number of hydrogen-bond acceptors (Lipinski definition) is 12. The topological polar surface area (TPSA) is 270 Å². The Balaban J connectivity index is 2.65. The molecule has 0 atom stereocenters. The molecule has 0 saturated carbocycles. The van der Waals surface area contributed by atoms with Crippen LogP contribution in [-0.4, -0.2) is 57.6 Å². The zero-order valence-electron chi connectivity index (χ0n) is 14.7. The first-order chi connectivity index (χ1) is 14.5. The fourth-order valence-electron chi connectivity index (χ4n) is 3.19. The van der Waals surface area contributed by atoms with Gasteiger partial charge in [0.05, 0.1) is 21.0 Å². The van der Waals surface area contributed by atoms with E-state index >= 15 is 0 Å². The third-order valence-electron chi connectivity index (χ3n) is 4.34. The van der Waals surface area contributed by atoms with E-state index in [9.17, 15) is 66.0 Å². The third kappa shape index (κ3) is 3.05. The van der Waals surface area contributed by atoms with Crippen molar-refractivity contribution in [3.63, 3.8) is 0 Å². The van der Waals surface area contributed by atoms with Gasteiger partial charge in [0.1, 0.15) is 10.5 Å². The van der Waals surface area contributed by atoms with Crippen LogP contribution in [0.1, 0.15) is 31.8 Å². The van der Waals surface area contributed by atoms with Crippen molar-refractivity contribution >= 4 is 43.2 Å². The molecule has 32 heavy (non-hydrogen) atoms. The second-order valence-electron chi connectivity index (χ2n) is 6.08. The fraction of sp³-hybridized carbons (Fsp3) is 0. The highest BCUT2D eigenvalue weighted by Gasteiger charge is 2.47. The van der Waals surface area contributed by atoms with E-state index in [-0.39, 0.29) is 0 Å². The molecule has 0 unspecified atom stereocenters. The van der Waals surface area contributed by atoms with Crippen LogP contribution < -0.4 is 0 Å². The van der Waals surface area contributed by atoms with Gasteiger partial charge in [-0.15, -0.1) is 0 Å². The van der Waals surface area contributed by atoms with Crippen LogP contribution in [0.15, 0.2) is 21.9 Å². The maximum atomic E-state index is 12.9. The number of nitro benzene ring substituents is 2. The van der Waals surface area contributed by atoms with Crippen LogP contribution in [0, 0.1) is 20.2 Å². The van der Waals surface area contributed by atoms with E-state index in [0.717, 1.165) is 0 Å². The molecule has 18 heteroatoms. The van der Waals surface area contributed by atoms with E-state index in [1.807, 2.05) is 0 Å². The molecule has 0 heterocycles. The zero-order valence-corrected chi connectivity index (χ0v) is 16.4. The van der Waals surface area contributed by atoms with Gasteiger partial charge in [-0.05, 0) is 6.07 Å². The van der Waals surface area contributed by atoms with Gasteiger partial charge >= 0.3 is 11.4 Å². The Morgan fingerprint density at radius 3 is 1.69 bits per heavy atom. The second kappa shape index (κ2) is 6.75. The number of nitro groups is 2. The highest BCUT2D eigenvalue weighted by atomic mass is 32.2. The van der Waals surface area contributed by atoms with E-state index in [1.165, 1.54) is 0 Å². The molecule has 2 aromatic carbocycles. The number of phenols is 2. The van der Waals surface area contributed by atoms with Gasteiger partial charge < -0.3 is 10.2 Å². The summed E-state index contributed by atoms with van der Waals surface area (Å²) < 4.78 is 65.6. The van der Waals surface area contributed by atoms with Crippen molar-refractivity contribution < 1.29 is 55.6 Å². The average molecular weight is 490 g/mol. The van der Waals surface area contributed by atoms with Gasteiger partial charge in [0.2, 0.25) is 5.78 Å². The van der Waals surface area contributed by atoms with Crippen LogP contribution in [0.2, 0.25) is 0 Å². The molecular weight excluding hydrogens is 484 g/mol. The maximum Gasteiger partial charge on any atom is 0.357 e. The summed E-state index contributed by atoms with van der Waals surface area (Å²) in [5.41, 5.74) is -8.11. The molecule has 0 aromatic heterocycles. The standard InChI is InChI=1S/C14H6N2O14S2/c17-9-3-1-2-4(15(21)22)8(16(23)24)5(3)10(18)6-7(9)13(31(25,26)27)14(32(28,29)30)12(20)11(6)19/h1-2,19-20H,(H,25,26,27)(H,28,29,30). The molecule has 168 valence electrons. The largest absolute Gasteiger partial charge is 0.504 e. The third-order valence-corrected chi connectivity index (χ3v) is 6.30. The highest BCUT2D eigenvalue weighted by molar-refractivity contribution is 7.89. The molecule has 1 aliphatic carbocycles. The van der Waals surface area contributed by atoms with E-state index in [0.29, 0.717) is 12.1 Å². The summed E-state index contributed by atoms with van der Waals surface area (Å²) in [6, 6.07) is 0.957. The molecule has 0 aliphatic heterocycles. The van der Waals surface area contributed by atoms with Crippen LogP contribution >= 0.6 is 0 Å². The van der Waals surface area contributed by atoms with Crippen LogP contribution in [0.4, 0.5) is 11.4 Å². The number of fused-ring (bicyclic) bond motifs is 2. The molecule has 3 rings (SSSR count). The number of carbonyl (C=O) groups is 2. The van der Waals surface area contributed by atoms with Crippen molar-refractivity contribution in [2.45, 2.75) is 9.79 Å². The minimum absolute atomic E-state index is 0.435. The predicted molar refractivity (Wildman–Crippen MR) is 96.0 cm³/mol. The summed E-state index contributed by atoms with van der Waals surface area (Å²) in [6.07, 6.45) is 0. The van der Waals surface area contributed by atoms with Crippen molar-refractivity contribution in [1.82, 2.24) is 0 Å². The predicted octanol–water partition coefficient (Wildman–Crippen LogP) is 0.183. The molecule has 16 nitrogen and oxygen atoms in total. The Bertz CT molecular complexity index is 1520. The van der Waals surface area contributed by atoms with Crippen molar-refractivity contribution in [3.8, 4) is 11.5 Å². The van der Waals surface area contributed by atoms with E-state index in [2.05, 4.69) is 0 Å². The van der Waals surface area contributed by atoms with E-state index in [4.69, 9.17) is 0 Å². The molecule has 0 saturated heterocycles. The van der Waals surface area contributed by atoms with Gasteiger partial charge in [0.25, 0.3) is 20.2 Å². The summed E-state index contributed by atoms with van der Waals surface area (Å²) >= 11 is 0. The normalized spacial score (nSPS) is 13.4. The van der Waals surface area contributed by atoms with Gasteiger partial charge in [0.15, 0.2) is 22.2 Å². The summed E-state index contributed by atoms with van der Waals surface area (Å²) in [7, 11) is -11.6. The lowest BCUT2D eigenvalue weighted by atomic mass is 9.82. The SMILES string of the molecule is O=C1c2c(O)c(O)c(S(=O)(=O)O)c(S(=O)(=O)O)c2C(=O)c2ccc([N+](=O)[O-])c([N+](=O)[O-])c21. The lowest BCUT2D eigenvalue weighted by Crippen LogP contribution is -2.27. The molecule has 0 radical (unpaired) electrons. The van der Waals surface area contributed by atoms with Crippen LogP contribution in [0.25, 0.3) is 0 Å². The number of benzene rings is 2. The van der Waals surface area contributed by atoms with Crippen molar-refractivity contribution in [1.29, 1.82) is 0 Å². The fourth-order valence-corrected chi connectivity index (χ4v) is 5.29. The van der Waals surface area contributed by atoms with Crippen LogP contribution in [-0.2, 0) is 20.2 Å². The Morgan fingerprint density at radius 2 is 1.25 bits per heavy atom. The summed E-state index contributed by atoms with van der Waals surface area (Å²) in [5, 5.41) is 42.6. The number of hydrogen-bond donors (Lipinski definition) is 4. The number of aromatic hydroxyl groups is 2. The summed E-state index contributed by atoms with van der Waals surface area (Å²) in [4.78, 5) is 41.7. The first kappa shape index (κ1) is 22.7. The first-order valence-electron chi connectivity index (χ1n) is 7.63. The molecular formula is C14H6N2O14S2. The van der Waals surface area contributed by atoms with Gasteiger partial charge in [0, 0.05) is 11.6 Å². The Morgan fingerprint density at radius 1 is 0.719 bits per heavy atom. The lowest BCUT2D eigenvalue weighted by molar-refractivity contribution is -0.422. The van der Waals surface area contributed by atoms with Crippen LogP contribution in [0.3, 0.4) is 0 Å². The molecule has 0 amide bonds. The lowest BCUT2D eigenvalue weighted by Gasteiger charge is -2.22. The summed E-state index contributed by atoms with van der Waals surface area (Å²) in [5.74, 6) is -7.29. The number of rotatable bonds is 4.